The van der Waals surface area contributed by atoms with Gasteiger partial charge < -0.3 is 50.3 Å². The Balaban J connectivity index is 0.000000300. The summed E-state index contributed by atoms with van der Waals surface area (Å²) in [5.74, 6) is 0. The fourth-order valence-electron chi connectivity index (χ4n) is 3.64. The molecule has 0 aromatic heterocycles. The van der Waals surface area contributed by atoms with Crippen LogP contribution in [0.3, 0.4) is 0 Å². The van der Waals surface area contributed by atoms with E-state index in [0.717, 1.165) is 0 Å². The highest BCUT2D eigenvalue weighted by molar-refractivity contribution is 4.97. The first-order chi connectivity index (χ1) is 13.6. The third-order valence-corrected chi connectivity index (χ3v) is 5.49. The van der Waals surface area contributed by atoms with Crippen LogP contribution in [-0.2, 0) is 9.47 Å². The Bertz CT molecular complexity index is 467. The maximum Gasteiger partial charge on any atom is 0.111 e. The van der Waals surface area contributed by atoms with Gasteiger partial charge in [-0.3, -0.25) is 0 Å². The van der Waals surface area contributed by atoms with Crippen molar-refractivity contribution in [1.29, 1.82) is 0 Å². The van der Waals surface area contributed by atoms with Crippen LogP contribution >= 0.6 is 0 Å². The molecule has 10 atom stereocenters. The molecule has 10 heteroatoms. The Morgan fingerprint density at radius 2 is 0.767 bits per heavy atom. The maximum absolute atomic E-state index is 9.74. The molecule has 180 valence electrons. The highest BCUT2D eigenvalue weighted by atomic mass is 16.6. The van der Waals surface area contributed by atoms with Crippen molar-refractivity contribution >= 4 is 0 Å². The molecule has 0 spiro atoms. The molecule has 0 saturated carbocycles. The Morgan fingerprint density at radius 3 is 0.967 bits per heavy atom. The highest BCUT2D eigenvalue weighted by Crippen LogP contribution is 2.33. The van der Waals surface area contributed by atoms with Crippen molar-refractivity contribution in [2.45, 2.75) is 103 Å². The van der Waals surface area contributed by atoms with Crippen LogP contribution in [0.4, 0.5) is 0 Å². The molecule has 0 bridgehead atoms. The van der Waals surface area contributed by atoms with Crippen molar-refractivity contribution in [3.63, 3.8) is 0 Å². The molecule has 10 nitrogen and oxygen atoms in total. The molecule has 30 heavy (non-hydrogen) atoms. The number of hydrogen-bond donors (Lipinski definition) is 8. The standard InChI is InChI=1S/2C10H20O5/c2*1-10(2,3)9-8(14)7(13)6(12)5(4-11)15-9/h2*5-9,11-14H,4H2,1-3H3/t5?,6-,7?,8-,9+;5?,6-,7?,8-,9-/m00/s1. The molecular formula is C20H40O10. The Hall–Kier alpha value is -0.400. The van der Waals surface area contributed by atoms with E-state index in [4.69, 9.17) is 19.7 Å². The second-order valence-electron chi connectivity index (χ2n) is 10.2. The second kappa shape index (κ2) is 10.5. The highest BCUT2D eigenvalue weighted by Gasteiger charge is 2.48. The van der Waals surface area contributed by atoms with Gasteiger partial charge in [-0.25, -0.2) is 0 Å². The van der Waals surface area contributed by atoms with Crippen LogP contribution in [0.15, 0.2) is 0 Å². The van der Waals surface area contributed by atoms with Crippen LogP contribution in [0.25, 0.3) is 0 Å². The van der Waals surface area contributed by atoms with Crippen molar-refractivity contribution < 1.29 is 50.3 Å². The third-order valence-electron chi connectivity index (χ3n) is 5.49. The third kappa shape index (κ3) is 6.32. The van der Waals surface area contributed by atoms with E-state index < -0.39 is 61.0 Å². The zero-order valence-electron chi connectivity index (χ0n) is 18.6. The lowest BCUT2D eigenvalue weighted by Crippen LogP contribution is -2.61. The van der Waals surface area contributed by atoms with Crippen molar-refractivity contribution in [3.05, 3.63) is 0 Å². The summed E-state index contributed by atoms with van der Waals surface area (Å²) in [6.07, 6.45) is -10.2. The van der Waals surface area contributed by atoms with Crippen molar-refractivity contribution in [1.82, 2.24) is 0 Å². The van der Waals surface area contributed by atoms with Gasteiger partial charge in [0.1, 0.15) is 48.8 Å². The van der Waals surface area contributed by atoms with Gasteiger partial charge in [0.05, 0.1) is 25.4 Å². The number of rotatable bonds is 2. The average molecular weight is 441 g/mol. The zero-order valence-corrected chi connectivity index (χ0v) is 18.6. The van der Waals surface area contributed by atoms with Crippen LogP contribution < -0.4 is 0 Å². The Labute approximate surface area is 177 Å². The minimum Gasteiger partial charge on any atom is -0.394 e. The molecule has 0 aliphatic carbocycles. The van der Waals surface area contributed by atoms with Gasteiger partial charge in [-0.15, -0.1) is 0 Å². The fraction of sp³-hybridized carbons (Fsp3) is 1.00. The molecule has 2 heterocycles. The van der Waals surface area contributed by atoms with E-state index in [2.05, 4.69) is 0 Å². The minimum absolute atomic E-state index is 0.367. The quantitative estimate of drug-likeness (QED) is 0.234. The molecule has 0 aromatic carbocycles. The van der Waals surface area contributed by atoms with E-state index in [0.29, 0.717) is 0 Å². The van der Waals surface area contributed by atoms with Crippen LogP contribution in [-0.4, -0.2) is 115 Å². The van der Waals surface area contributed by atoms with Crippen molar-refractivity contribution in [2.75, 3.05) is 13.2 Å². The number of ether oxygens (including phenoxy) is 2. The summed E-state index contributed by atoms with van der Waals surface area (Å²) in [5.41, 5.74) is -0.734. The summed E-state index contributed by atoms with van der Waals surface area (Å²) in [7, 11) is 0. The molecule has 0 radical (unpaired) electrons. The minimum atomic E-state index is -1.28. The first kappa shape index (κ1) is 27.6. The van der Waals surface area contributed by atoms with Crippen LogP contribution in [0.1, 0.15) is 41.5 Å². The molecule has 0 amide bonds. The number of aliphatic hydroxyl groups is 8. The lowest BCUT2D eigenvalue weighted by molar-refractivity contribution is -0.250. The van der Waals surface area contributed by atoms with Gasteiger partial charge >= 0.3 is 0 Å². The SMILES string of the molecule is CC(C)(C)[C@@H]1OC(CO)[C@H](O)C(O)[C@@H]1O.CC(C)(C)[C@H]1OC(CO)[C@H](O)C(O)[C@@H]1O. The van der Waals surface area contributed by atoms with Gasteiger partial charge in [-0.1, -0.05) is 41.5 Å². The number of aliphatic hydroxyl groups excluding tert-OH is 8. The van der Waals surface area contributed by atoms with E-state index in [-0.39, 0.29) is 24.0 Å². The summed E-state index contributed by atoms with van der Waals surface area (Å²) < 4.78 is 10.8. The second-order valence-corrected chi connectivity index (χ2v) is 10.2. The predicted octanol–water partition coefficient (Wildman–Crippen LogP) is -2.25. The van der Waals surface area contributed by atoms with Crippen molar-refractivity contribution in [2.24, 2.45) is 10.8 Å². The molecule has 2 rings (SSSR count). The smallest absolute Gasteiger partial charge is 0.111 e. The zero-order chi connectivity index (χ0) is 23.6. The van der Waals surface area contributed by atoms with Gasteiger partial charge in [0.25, 0.3) is 0 Å². The molecule has 8 N–H and O–H groups in total. The van der Waals surface area contributed by atoms with E-state index >= 15 is 0 Å². The summed E-state index contributed by atoms with van der Waals surface area (Å²) in [6, 6.07) is 0. The van der Waals surface area contributed by atoms with Crippen LogP contribution in [0.5, 0.6) is 0 Å². The predicted molar refractivity (Wildman–Crippen MR) is 106 cm³/mol. The largest absolute Gasteiger partial charge is 0.394 e. The molecule has 0 aromatic rings. The lowest BCUT2D eigenvalue weighted by atomic mass is 9.80. The normalized spacial score (nSPS) is 43.0. The summed E-state index contributed by atoms with van der Waals surface area (Å²) in [4.78, 5) is 0. The molecule has 4 unspecified atom stereocenters. The van der Waals surface area contributed by atoms with E-state index in [1.165, 1.54) is 0 Å². The summed E-state index contributed by atoms with van der Waals surface area (Å²) >= 11 is 0. The average Bonchev–Trinajstić information content (AvgIpc) is 2.63. The van der Waals surface area contributed by atoms with Crippen molar-refractivity contribution in [3.8, 4) is 0 Å². The summed E-state index contributed by atoms with van der Waals surface area (Å²) in [5, 5.41) is 75.6. The maximum atomic E-state index is 9.74. The molecule has 2 fully saturated rings. The van der Waals surface area contributed by atoms with Gasteiger partial charge in [-0.05, 0) is 10.8 Å². The number of hydrogen-bond acceptors (Lipinski definition) is 10. The van der Waals surface area contributed by atoms with Gasteiger partial charge in [0, 0.05) is 0 Å². The molecular weight excluding hydrogens is 400 g/mol. The molecule has 2 saturated heterocycles. The van der Waals surface area contributed by atoms with Gasteiger partial charge in [0.15, 0.2) is 0 Å². The topological polar surface area (TPSA) is 180 Å². The Morgan fingerprint density at radius 1 is 0.500 bits per heavy atom. The van der Waals surface area contributed by atoms with Crippen LogP contribution in [0.2, 0.25) is 0 Å². The summed E-state index contributed by atoms with van der Waals surface area (Å²) in [6.45, 7) is 10.4. The monoisotopic (exact) mass is 440 g/mol. The van der Waals surface area contributed by atoms with E-state index in [1.807, 2.05) is 41.5 Å². The molecule has 2 aliphatic heterocycles. The van der Waals surface area contributed by atoms with Crippen LogP contribution in [0, 0.1) is 10.8 Å². The fourth-order valence-corrected chi connectivity index (χ4v) is 3.64. The van der Waals surface area contributed by atoms with Gasteiger partial charge in [0.2, 0.25) is 0 Å². The van der Waals surface area contributed by atoms with E-state index in [9.17, 15) is 30.6 Å². The molecule has 2 aliphatic rings. The van der Waals surface area contributed by atoms with E-state index in [1.54, 1.807) is 0 Å². The lowest BCUT2D eigenvalue weighted by Gasteiger charge is -2.45. The first-order valence-corrected chi connectivity index (χ1v) is 10.2. The van der Waals surface area contributed by atoms with Gasteiger partial charge in [-0.2, -0.15) is 0 Å². The Kier molecular flexibility index (Phi) is 9.65. The first-order valence-electron chi connectivity index (χ1n) is 10.2.